The normalized spacial score (nSPS) is 26.5. The quantitative estimate of drug-likeness (QED) is 0.145. The first-order valence-electron chi connectivity index (χ1n) is 33.2. The Bertz CT molecular complexity index is 2680. The predicted octanol–water partition coefficient (Wildman–Crippen LogP) is 4.42. The van der Waals surface area contributed by atoms with E-state index in [-0.39, 0.29) is 55.8 Å². The fraction of sp³-hybridized carbons (Fsp3) is 0.765. The number of pyridine rings is 1. The molecule has 92 heavy (non-hydrogen) atoms. The third-order valence-corrected chi connectivity index (χ3v) is 17.9. The summed E-state index contributed by atoms with van der Waals surface area (Å²) in [6, 6.07) is -9.83. The Hall–Kier alpha value is -6.72. The van der Waals surface area contributed by atoms with Crippen LogP contribution >= 0.6 is 0 Å². The van der Waals surface area contributed by atoms with E-state index < -0.39 is 155 Å². The number of hydrogen-bond acceptors (Lipinski definition) is 13. The van der Waals surface area contributed by atoms with Crippen molar-refractivity contribution in [3.05, 3.63) is 29.6 Å². The van der Waals surface area contributed by atoms with E-state index in [1.807, 2.05) is 74.4 Å². The van der Waals surface area contributed by atoms with Gasteiger partial charge in [0.25, 0.3) is 0 Å². The van der Waals surface area contributed by atoms with E-state index in [0.717, 1.165) is 21.1 Å². The summed E-state index contributed by atoms with van der Waals surface area (Å²) in [6.07, 6.45) is 2.43. The Balaban J connectivity index is 3.01. The Kier molecular flexibility index (Phi) is 32.4. The summed E-state index contributed by atoms with van der Waals surface area (Å²) in [5, 5.41) is 23.6. The molecule has 24 nitrogen and oxygen atoms in total. The van der Waals surface area contributed by atoms with Crippen molar-refractivity contribution in [2.24, 2.45) is 41.4 Å². The van der Waals surface area contributed by atoms with Crippen LogP contribution in [0, 0.1) is 48.3 Å². The van der Waals surface area contributed by atoms with Gasteiger partial charge in [0.1, 0.15) is 66.5 Å². The van der Waals surface area contributed by atoms with E-state index in [2.05, 4.69) is 26.3 Å². The molecule has 0 aromatic carbocycles. The molecule has 0 radical (unpaired) electrons. The van der Waals surface area contributed by atoms with Gasteiger partial charge in [0.15, 0.2) is 0 Å². The highest BCUT2D eigenvalue weighted by Gasteiger charge is 2.46. The van der Waals surface area contributed by atoms with Crippen molar-refractivity contribution in [2.75, 3.05) is 49.3 Å². The molecule has 522 valence electrons. The third-order valence-electron chi connectivity index (χ3n) is 17.9. The summed E-state index contributed by atoms with van der Waals surface area (Å²) in [5.41, 5.74) is 1.87. The Labute approximate surface area is 550 Å². The second-order valence-corrected chi connectivity index (χ2v) is 28.4. The maximum atomic E-state index is 15.4. The highest BCUT2D eigenvalue weighted by Crippen LogP contribution is 2.27. The number of aromatic nitrogens is 1. The van der Waals surface area contributed by atoms with Gasteiger partial charge in [-0.1, -0.05) is 96.9 Å². The summed E-state index contributed by atoms with van der Waals surface area (Å²) < 4.78 is 0. The molecule has 1 aromatic heterocycles. The summed E-state index contributed by atoms with van der Waals surface area (Å²) in [5.74, 6) is -9.79. The fourth-order valence-electron chi connectivity index (χ4n) is 12.0. The summed E-state index contributed by atoms with van der Waals surface area (Å²) in [7, 11) is 10.00. The van der Waals surface area contributed by atoms with E-state index in [1.165, 1.54) is 94.6 Å². The van der Waals surface area contributed by atoms with Crippen LogP contribution < -0.4 is 21.3 Å². The number of carbonyl (C=O) groups excluding carboxylic acids is 11. The number of aliphatic hydroxyl groups excluding tert-OH is 1. The Morgan fingerprint density at radius 2 is 0.902 bits per heavy atom. The maximum absolute atomic E-state index is 15.4. The molecule has 2 rings (SSSR count). The van der Waals surface area contributed by atoms with E-state index >= 15 is 19.2 Å². The first-order valence-corrected chi connectivity index (χ1v) is 33.2. The average Bonchev–Trinajstić information content (AvgIpc) is 0.869. The number of amides is 11. The standard InChI is InChI=1S/C68H118N12O12/c1-26-49-64(88)74(19)47(18)63(87)75(20)51(33-38(4)5)60(84)73-54(41(10)11)67(91)76(21)50(32-37(2)3)59(83)70-45(16)58(82)71-46(17)62(86)77(22)52(34-39(6)7)65(89)78(23)53(35-40(8)9)66(90)79(24)55(42(12)13)68(92)80(25)56(61(85)72-49)57(81)43(14)28-27-29-48-30-31-69-44(15)36-48/h30-31,36-43,45-47,49-57,81H,26-29,32-35H2,1-25H3,(H,70,83)(H,71,82)(H,72,85)(H,73,84)/t43-,45+,46-,47-,49+,50+,51+,52+,53+,54+,55+,56-,57-/m1/s1. The van der Waals surface area contributed by atoms with Crippen molar-refractivity contribution in [1.29, 1.82) is 0 Å². The van der Waals surface area contributed by atoms with Gasteiger partial charge in [-0.2, -0.15) is 0 Å². The van der Waals surface area contributed by atoms with Gasteiger partial charge in [0, 0.05) is 61.2 Å². The predicted molar refractivity (Wildman–Crippen MR) is 356 cm³/mol. The number of hydrogen-bond donors (Lipinski definition) is 5. The number of nitrogens with one attached hydrogen (secondary N) is 4. The molecule has 0 bridgehead atoms. The molecule has 1 aliphatic rings. The zero-order chi connectivity index (χ0) is 70.8. The van der Waals surface area contributed by atoms with Gasteiger partial charge in [-0.05, 0) is 138 Å². The minimum atomic E-state index is -1.63. The number of aliphatic hydroxyl groups is 1. The van der Waals surface area contributed by atoms with Crippen LogP contribution in [0.15, 0.2) is 18.3 Å². The second-order valence-electron chi connectivity index (χ2n) is 28.4. The van der Waals surface area contributed by atoms with E-state index in [1.54, 1.807) is 47.7 Å². The smallest absolute Gasteiger partial charge is 0.246 e. The zero-order valence-electron chi connectivity index (χ0n) is 60.4. The third kappa shape index (κ3) is 22.2. The van der Waals surface area contributed by atoms with E-state index in [0.29, 0.717) is 19.3 Å². The molecule has 11 amide bonds. The molecule has 0 aliphatic carbocycles. The lowest BCUT2D eigenvalue weighted by atomic mass is 9.89. The van der Waals surface area contributed by atoms with Crippen LogP contribution in [-0.4, -0.2) is 231 Å². The lowest BCUT2D eigenvalue weighted by Gasteiger charge is -2.41. The first kappa shape index (κ1) is 81.4. The highest BCUT2D eigenvalue weighted by molar-refractivity contribution is 6.00. The van der Waals surface area contributed by atoms with Crippen LogP contribution in [0.25, 0.3) is 0 Å². The van der Waals surface area contributed by atoms with Gasteiger partial charge in [0.2, 0.25) is 65.0 Å². The van der Waals surface area contributed by atoms with Crippen molar-refractivity contribution in [2.45, 2.75) is 249 Å². The molecule has 0 saturated carbocycles. The van der Waals surface area contributed by atoms with Crippen LogP contribution in [-0.2, 0) is 59.2 Å². The van der Waals surface area contributed by atoms with Crippen LogP contribution in [0.1, 0.15) is 174 Å². The Morgan fingerprint density at radius 3 is 1.37 bits per heavy atom. The first-order chi connectivity index (χ1) is 42.5. The zero-order valence-corrected chi connectivity index (χ0v) is 60.4. The molecule has 24 heteroatoms. The summed E-state index contributed by atoms with van der Waals surface area (Å²) in [6.45, 7) is 31.6. The second kappa shape index (κ2) is 36.7. The molecule has 1 saturated heterocycles. The van der Waals surface area contributed by atoms with Crippen molar-refractivity contribution < 1.29 is 57.8 Å². The van der Waals surface area contributed by atoms with Gasteiger partial charge in [-0.15, -0.1) is 0 Å². The Morgan fingerprint density at radius 1 is 0.467 bits per heavy atom. The maximum Gasteiger partial charge on any atom is 0.246 e. The topological polar surface area (TPSA) is 292 Å². The molecule has 0 spiro atoms. The minimum absolute atomic E-state index is 0.00848. The van der Waals surface area contributed by atoms with Gasteiger partial charge < -0.3 is 60.7 Å². The SMILES string of the molecule is CC[C@@H]1NC(=O)[C@@H]([C@H](O)[C@H](C)CCCc2ccnc(C)c2)N(C)C(=O)[C@H](C(C)C)N(C)C(=O)[C@H](CC(C)C)N(C)C(=O)[C@H](CC(C)C)N(C)C(=O)[C@@H](C)NC(=O)[C@H](C)NC(=O)[C@H](CC(C)C)N(C)C(=O)[C@H](C(C)C)NC(=O)[C@H](CC(C)C)N(C)C(=O)[C@@H](C)N(C)C1=O. The molecule has 13 atom stereocenters. The van der Waals surface area contributed by atoms with Crippen molar-refractivity contribution in [1.82, 2.24) is 60.6 Å². The van der Waals surface area contributed by atoms with Gasteiger partial charge in [-0.3, -0.25) is 57.7 Å². The lowest BCUT2D eigenvalue weighted by Crippen LogP contribution is -2.64. The lowest BCUT2D eigenvalue weighted by molar-refractivity contribution is -0.157. The largest absolute Gasteiger partial charge is 0.390 e. The van der Waals surface area contributed by atoms with Gasteiger partial charge in [0.05, 0.1) is 6.10 Å². The van der Waals surface area contributed by atoms with E-state index in [9.17, 15) is 38.7 Å². The number of rotatable bonds is 17. The molecule has 1 aromatic rings. The number of likely N-dealkylation sites (N-methyl/N-ethyl adjacent to an activating group) is 7. The molecule has 1 aliphatic heterocycles. The molecular weight excluding hydrogens is 1180 g/mol. The molecular formula is C68H118N12O12. The average molecular weight is 1300 g/mol. The van der Waals surface area contributed by atoms with Crippen molar-refractivity contribution in [3.8, 4) is 0 Å². The fourth-order valence-corrected chi connectivity index (χ4v) is 12.0. The van der Waals surface area contributed by atoms with Gasteiger partial charge in [-0.25, -0.2) is 0 Å². The van der Waals surface area contributed by atoms with Crippen LogP contribution in [0.2, 0.25) is 0 Å². The van der Waals surface area contributed by atoms with Crippen molar-refractivity contribution in [3.63, 3.8) is 0 Å². The van der Waals surface area contributed by atoms with E-state index in [4.69, 9.17) is 0 Å². The van der Waals surface area contributed by atoms with Crippen molar-refractivity contribution >= 4 is 65.0 Å². The van der Waals surface area contributed by atoms with Gasteiger partial charge >= 0.3 is 0 Å². The van der Waals surface area contributed by atoms with Crippen LogP contribution in [0.5, 0.6) is 0 Å². The number of nitrogens with zero attached hydrogens (tertiary/aromatic N) is 8. The number of aryl methyl sites for hydroxylation is 2. The number of carbonyl (C=O) groups is 11. The van der Waals surface area contributed by atoms with Crippen LogP contribution in [0.3, 0.4) is 0 Å². The van der Waals surface area contributed by atoms with Crippen LogP contribution in [0.4, 0.5) is 0 Å². The molecule has 1 fully saturated rings. The minimum Gasteiger partial charge on any atom is -0.390 e. The molecule has 0 unspecified atom stereocenters. The summed E-state index contributed by atoms with van der Waals surface area (Å²) in [4.78, 5) is 175. The highest BCUT2D eigenvalue weighted by atomic mass is 16.3. The molecule has 2 heterocycles. The summed E-state index contributed by atoms with van der Waals surface area (Å²) >= 11 is 0. The monoisotopic (exact) mass is 1290 g/mol. The molecule has 5 N–H and O–H groups in total.